The molecule has 1 heterocycles. The molecule has 0 unspecified atom stereocenters. The molecule has 0 aromatic heterocycles. The van der Waals surface area contributed by atoms with Crippen molar-refractivity contribution in [1.82, 2.24) is 15.5 Å². The summed E-state index contributed by atoms with van der Waals surface area (Å²) in [5.74, 6) is 0.421. The topological polar surface area (TPSA) is 48.9 Å². The second-order valence-electron chi connectivity index (χ2n) is 8.02. The SMILES string of the molecule is CN=C(NCC(C)(C)c1ccc(F)cc1Cl)NCC1(N(C)C)CCOCC1. The maximum absolute atomic E-state index is 13.3. The fourth-order valence-corrected chi connectivity index (χ4v) is 3.86. The van der Waals surface area contributed by atoms with Gasteiger partial charge in [0.05, 0.1) is 0 Å². The molecule has 0 bridgehead atoms. The standard InChI is InChI=1S/C20H32ClFN4O/c1-19(2,16-7-6-15(22)12-17(16)21)13-24-18(23-3)25-14-20(26(4)5)8-10-27-11-9-20/h6-7,12H,8-11,13-14H2,1-5H3,(H2,23,24,25). The maximum atomic E-state index is 13.3. The quantitative estimate of drug-likeness (QED) is 0.571. The van der Waals surface area contributed by atoms with Gasteiger partial charge in [-0.1, -0.05) is 31.5 Å². The zero-order valence-electron chi connectivity index (χ0n) is 17.0. The lowest BCUT2D eigenvalue weighted by Gasteiger charge is -2.43. The lowest BCUT2D eigenvalue weighted by atomic mass is 9.84. The number of likely N-dealkylation sites (N-methyl/N-ethyl adjacent to an activating group) is 1. The number of benzene rings is 1. The van der Waals surface area contributed by atoms with Gasteiger partial charge in [0.1, 0.15) is 5.82 Å². The van der Waals surface area contributed by atoms with E-state index in [1.807, 2.05) is 0 Å². The summed E-state index contributed by atoms with van der Waals surface area (Å²) in [4.78, 5) is 6.62. The number of halogens is 2. The molecule has 2 rings (SSSR count). The van der Waals surface area contributed by atoms with Crippen LogP contribution in [-0.2, 0) is 10.2 Å². The Hall–Kier alpha value is -1.37. The number of hydrogen-bond donors (Lipinski definition) is 2. The third-order valence-electron chi connectivity index (χ3n) is 5.54. The molecule has 7 heteroatoms. The van der Waals surface area contributed by atoms with Gasteiger partial charge in [-0.05, 0) is 44.6 Å². The predicted molar refractivity (Wildman–Crippen MR) is 110 cm³/mol. The van der Waals surface area contributed by atoms with Gasteiger partial charge in [0, 0.05) is 49.3 Å². The van der Waals surface area contributed by atoms with Crippen LogP contribution in [0.1, 0.15) is 32.3 Å². The molecular weight excluding hydrogens is 367 g/mol. The summed E-state index contributed by atoms with van der Waals surface area (Å²) in [5, 5.41) is 7.28. The van der Waals surface area contributed by atoms with Crippen molar-refractivity contribution in [3.05, 3.63) is 34.6 Å². The van der Waals surface area contributed by atoms with E-state index in [4.69, 9.17) is 16.3 Å². The first-order chi connectivity index (χ1) is 12.7. The number of hydrogen-bond acceptors (Lipinski definition) is 3. The van der Waals surface area contributed by atoms with Crippen molar-refractivity contribution >= 4 is 17.6 Å². The molecular formula is C20H32ClFN4O. The molecule has 0 aliphatic carbocycles. The Bertz CT molecular complexity index is 657. The number of rotatable bonds is 6. The van der Waals surface area contributed by atoms with E-state index >= 15 is 0 Å². The molecule has 2 N–H and O–H groups in total. The van der Waals surface area contributed by atoms with Crippen molar-refractivity contribution < 1.29 is 9.13 Å². The zero-order valence-corrected chi connectivity index (χ0v) is 17.8. The highest BCUT2D eigenvalue weighted by molar-refractivity contribution is 6.31. The molecule has 0 atom stereocenters. The Morgan fingerprint density at radius 1 is 1.30 bits per heavy atom. The summed E-state index contributed by atoms with van der Waals surface area (Å²) in [5.41, 5.74) is 0.689. The summed E-state index contributed by atoms with van der Waals surface area (Å²) in [6.45, 7) is 7.12. The Morgan fingerprint density at radius 2 is 1.96 bits per heavy atom. The van der Waals surface area contributed by atoms with Crippen molar-refractivity contribution in [2.75, 3.05) is 47.4 Å². The van der Waals surface area contributed by atoms with Crippen LogP contribution in [0.5, 0.6) is 0 Å². The van der Waals surface area contributed by atoms with Gasteiger partial charge in [-0.15, -0.1) is 0 Å². The number of nitrogens with zero attached hydrogens (tertiary/aromatic N) is 2. The molecule has 1 saturated heterocycles. The molecule has 152 valence electrons. The second-order valence-corrected chi connectivity index (χ2v) is 8.43. The minimum Gasteiger partial charge on any atom is -0.381 e. The first-order valence-electron chi connectivity index (χ1n) is 9.35. The second kappa shape index (κ2) is 9.22. The zero-order chi connectivity index (χ0) is 20.1. The maximum Gasteiger partial charge on any atom is 0.191 e. The van der Waals surface area contributed by atoms with Gasteiger partial charge in [0.25, 0.3) is 0 Å². The smallest absolute Gasteiger partial charge is 0.191 e. The van der Waals surface area contributed by atoms with E-state index in [0.717, 1.165) is 44.1 Å². The van der Waals surface area contributed by atoms with Gasteiger partial charge in [-0.25, -0.2) is 4.39 Å². The van der Waals surface area contributed by atoms with E-state index in [2.05, 4.69) is 48.5 Å². The van der Waals surface area contributed by atoms with Crippen LogP contribution in [0.15, 0.2) is 23.2 Å². The highest BCUT2D eigenvalue weighted by atomic mass is 35.5. The fourth-order valence-electron chi connectivity index (χ4n) is 3.44. The van der Waals surface area contributed by atoms with Gasteiger partial charge in [0.2, 0.25) is 0 Å². The number of guanidine groups is 1. The number of nitrogens with one attached hydrogen (secondary N) is 2. The minimum atomic E-state index is -0.324. The van der Waals surface area contributed by atoms with Crippen LogP contribution in [0.4, 0.5) is 4.39 Å². The molecule has 0 radical (unpaired) electrons. The van der Waals surface area contributed by atoms with Crippen LogP contribution in [0.2, 0.25) is 5.02 Å². The average molecular weight is 399 g/mol. The number of ether oxygens (including phenoxy) is 1. The molecule has 1 aromatic carbocycles. The first kappa shape index (κ1) is 21.9. The van der Waals surface area contributed by atoms with Crippen molar-refractivity contribution in [3.63, 3.8) is 0 Å². The molecule has 0 amide bonds. The van der Waals surface area contributed by atoms with Gasteiger partial charge in [0.15, 0.2) is 5.96 Å². The minimum absolute atomic E-state index is 0.0612. The summed E-state index contributed by atoms with van der Waals surface area (Å²) in [6.07, 6.45) is 1.97. The summed E-state index contributed by atoms with van der Waals surface area (Å²) in [6, 6.07) is 4.55. The third kappa shape index (κ3) is 5.56. The Balaban J connectivity index is 1.98. The summed E-state index contributed by atoms with van der Waals surface area (Å²) >= 11 is 6.25. The van der Waals surface area contributed by atoms with E-state index in [1.54, 1.807) is 13.1 Å². The van der Waals surface area contributed by atoms with Crippen molar-refractivity contribution in [1.29, 1.82) is 0 Å². The molecule has 1 aliphatic rings. The predicted octanol–water partition coefficient (Wildman–Crippen LogP) is 3.03. The number of aliphatic imine (C=N–C) groups is 1. The van der Waals surface area contributed by atoms with E-state index in [1.165, 1.54) is 12.1 Å². The highest BCUT2D eigenvalue weighted by Crippen LogP contribution is 2.30. The molecule has 0 saturated carbocycles. The third-order valence-corrected chi connectivity index (χ3v) is 5.85. The van der Waals surface area contributed by atoms with E-state index in [-0.39, 0.29) is 16.8 Å². The molecule has 0 spiro atoms. The van der Waals surface area contributed by atoms with Gasteiger partial charge in [-0.3, -0.25) is 4.99 Å². The van der Waals surface area contributed by atoms with Crippen LogP contribution < -0.4 is 10.6 Å². The van der Waals surface area contributed by atoms with Crippen LogP contribution in [0, 0.1) is 5.82 Å². The Labute approximate surface area is 167 Å². The lowest BCUT2D eigenvalue weighted by Crippen LogP contribution is -2.57. The van der Waals surface area contributed by atoms with Crippen LogP contribution in [-0.4, -0.2) is 63.8 Å². The molecule has 5 nitrogen and oxygen atoms in total. The van der Waals surface area contributed by atoms with Crippen LogP contribution in [0.3, 0.4) is 0 Å². The molecule has 1 aliphatic heterocycles. The van der Waals surface area contributed by atoms with Crippen molar-refractivity contribution in [2.24, 2.45) is 4.99 Å². The molecule has 1 aromatic rings. The largest absolute Gasteiger partial charge is 0.381 e. The van der Waals surface area contributed by atoms with Gasteiger partial charge in [-0.2, -0.15) is 0 Å². The van der Waals surface area contributed by atoms with Crippen molar-refractivity contribution in [2.45, 2.75) is 37.6 Å². The van der Waals surface area contributed by atoms with Crippen LogP contribution >= 0.6 is 11.6 Å². The normalized spacial score (nSPS) is 17.9. The van der Waals surface area contributed by atoms with Gasteiger partial charge < -0.3 is 20.3 Å². The van der Waals surface area contributed by atoms with E-state index in [9.17, 15) is 4.39 Å². The monoisotopic (exact) mass is 398 g/mol. The Morgan fingerprint density at radius 3 is 2.52 bits per heavy atom. The van der Waals surface area contributed by atoms with Gasteiger partial charge >= 0.3 is 0 Å². The van der Waals surface area contributed by atoms with E-state index in [0.29, 0.717) is 11.6 Å². The molecule has 27 heavy (non-hydrogen) atoms. The molecule has 1 fully saturated rings. The summed E-state index contributed by atoms with van der Waals surface area (Å²) < 4.78 is 18.9. The van der Waals surface area contributed by atoms with E-state index < -0.39 is 0 Å². The Kier molecular flexibility index (Phi) is 7.48. The van der Waals surface area contributed by atoms with Crippen LogP contribution in [0.25, 0.3) is 0 Å². The first-order valence-corrected chi connectivity index (χ1v) is 9.73. The fraction of sp³-hybridized carbons (Fsp3) is 0.650. The lowest BCUT2D eigenvalue weighted by molar-refractivity contribution is -0.00501. The van der Waals surface area contributed by atoms with Crippen molar-refractivity contribution in [3.8, 4) is 0 Å². The average Bonchev–Trinajstić information content (AvgIpc) is 2.62. The highest BCUT2D eigenvalue weighted by Gasteiger charge is 2.35. The summed E-state index contributed by atoms with van der Waals surface area (Å²) in [7, 11) is 5.99.